The van der Waals surface area contributed by atoms with Gasteiger partial charge < -0.3 is 20.3 Å². The summed E-state index contributed by atoms with van der Waals surface area (Å²) in [6.45, 7) is 1.74. The van der Waals surface area contributed by atoms with E-state index in [0.29, 0.717) is 0 Å². The van der Waals surface area contributed by atoms with Crippen LogP contribution in [0.4, 0.5) is 5.69 Å². The Balaban J connectivity index is 2.16. The monoisotopic (exact) mass is 316 g/mol. The molecule has 1 heterocycles. The van der Waals surface area contributed by atoms with Gasteiger partial charge >= 0.3 is 0 Å². The van der Waals surface area contributed by atoms with Gasteiger partial charge in [0.2, 0.25) is 0 Å². The predicted molar refractivity (Wildman–Crippen MR) is 90.6 cm³/mol. The summed E-state index contributed by atoms with van der Waals surface area (Å²) >= 11 is 0. The molecule has 0 aliphatic heterocycles. The number of aryl methyl sites for hydroxylation is 1. The summed E-state index contributed by atoms with van der Waals surface area (Å²) < 4.78 is 1.77. The molecule has 23 heavy (non-hydrogen) atoms. The lowest BCUT2D eigenvalue weighted by Gasteiger charge is -2.23. The van der Waals surface area contributed by atoms with Crippen molar-refractivity contribution in [2.75, 3.05) is 19.0 Å². The number of aliphatic hydroxyl groups is 1. The van der Waals surface area contributed by atoms with Gasteiger partial charge in [0, 0.05) is 26.0 Å². The average Bonchev–Trinajstić information content (AvgIpc) is 2.97. The van der Waals surface area contributed by atoms with Gasteiger partial charge in [0.05, 0.1) is 18.5 Å². The fourth-order valence-electron chi connectivity index (χ4n) is 2.75. The van der Waals surface area contributed by atoms with Crippen LogP contribution in [0.2, 0.25) is 0 Å². The number of nitrogens with zero attached hydrogens (tertiary/aromatic N) is 3. The quantitative estimate of drug-likeness (QED) is 0.812. The molecule has 3 N–H and O–H groups in total. The highest BCUT2D eigenvalue weighted by Crippen LogP contribution is 2.24. The molecule has 0 unspecified atom stereocenters. The zero-order chi connectivity index (χ0) is 17.0. The number of anilines is 1. The van der Waals surface area contributed by atoms with Crippen molar-refractivity contribution in [3.8, 4) is 0 Å². The van der Waals surface area contributed by atoms with E-state index in [4.69, 9.17) is 5.73 Å². The molecule has 6 heteroatoms. The summed E-state index contributed by atoms with van der Waals surface area (Å²) in [6.07, 6.45) is 4.13. The van der Waals surface area contributed by atoms with Gasteiger partial charge in [0.1, 0.15) is 5.69 Å². The topological polar surface area (TPSA) is 84.4 Å². The lowest BCUT2D eigenvalue weighted by molar-refractivity contribution is 0.0994. The van der Waals surface area contributed by atoms with Crippen LogP contribution in [-0.4, -0.2) is 40.8 Å². The van der Waals surface area contributed by atoms with E-state index >= 15 is 0 Å². The van der Waals surface area contributed by atoms with E-state index in [0.717, 1.165) is 12.8 Å². The van der Waals surface area contributed by atoms with Crippen molar-refractivity contribution in [2.45, 2.75) is 31.9 Å². The Kier molecular flexibility index (Phi) is 5.39. The molecule has 0 bridgehead atoms. The second-order valence-electron chi connectivity index (χ2n) is 5.94. The van der Waals surface area contributed by atoms with Gasteiger partial charge in [0.15, 0.2) is 0 Å². The maximum atomic E-state index is 11.2. The molecule has 1 aromatic heterocycles. The third-order valence-corrected chi connectivity index (χ3v) is 3.98. The number of hydrogen-bond donors (Lipinski definition) is 2. The Morgan fingerprint density at radius 1 is 1.39 bits per heavy atom. The maximum absolute atomic E-state index is 11.2. The van der Waals surface area contributed by atoms with E-state index in [1.54, 1.807) is 24.0 Å². The molecule has 2 rings (SSSR count). The van der Waals surface area contributed by atoms with Crippen LogP contribution in [0.15, 0.2) is 36.8 Å². The minimum absolute atomic E-state index is 0.161. The van der Waals surface area contributed by atoms with Crippen molar-refractivity contribution in [3.63, 3.8) is 0 Å². The Hall–Kier alpha value is -2.34. The van der Waals surface area contributed by atoms with Crippen molar-refractivity contribution in [2.24, 2.45) is 5.73 Å². The predicted octanol–water partition coefficient (Wildman–Crippen LogP) is 1.60. The molecular weight excluding hydrogens is 292 g/mol. The Bertz CT molecular complexity index is 664. The standard InChI is InChI=1S/C17H24N4O2/c1-12(22)15(21-10-14(17(18)23)19-11-21)9-8-13-6-4-5-7-16(13)20(2)3/h4-7,10-12,15,22H,8-9H2,1-3H3,(H2,18,23)/t12-,15+/m0/s1. The first-order chi connectivity index (χ1) is 10.9. The van der Waals surface area contributed by atoms with Crippen LogP contribution in [0.1, 0.15) is 35.4 Å². The minimum atomic E-state index is -0.564. The zero-order valence-electron chi connectivity index (χ0n) is 13.8. The molecule has 0 spiro atoms. The number of carbonyl (C=O) groups excluding carboxylic acids is 1. The first-order valence-corrected chi connectivity index (χ1v) is 7.66. The average molecular weight is 316 g/mol. The minimum Gasteiger partial charge on any atom is -0.391 e. The van der Waals surface area contributed by atoms with E-state index in [2.05, 4.69) is 22.0 Å². The number of nitrogens with two attached hydrogens (primary N) is 1. The Labute approximate surface area is 136 Å². The van der Waals surface area contributed by atoms with Crippen LogP contribution in [-0.2, 0) is 6.42 Å². The third kappa shape index (κ3) is 4.10. The highest BCUT2D eigenvalue weighted by molar-refractivity contribution is 5.90. The first kappa shape index (κ1) is 17.0. The van der Waals surface area contributed by atoms with Crippen LogP contribution in [0.25, 0.3) is 0 Å². The third-order valence-electron chi connectivity index (χ3n) is 3.98. The Morgan fingerprint density at radius 3 is 2.65 bits per heavy atom. The van der Waals surface area contributed by atoms with Crippen LogP contribution in [0.5, 0.6) is 0 Å². The number of amides is 1. The van der Waals surface area contributed by atoms with E-state index in [1.165, 1.54) is 11.3 Å². The summed E-state index contributed by atoms with van der Waals surface area (Å²) in [5.41, 5.74) is 7.84. The largest absolute Gasteiger partial charge is 0.391 e. The van der Waals surface area contributed by atoms with E-state index < -0.39 is 12.0 Å². The fraction of sp³-hybridized carbons (Fsp3) is 0.412. The second-order valence-corrected chi connectivity index (χ2v) is 5.94. The fourth-order valence-corrected chi connectivity index (χ4v) is 2.75. The van der Waals surface area contributed by atoms with Crippen molar-refractivity contribution in [1.29, 1.82) is 0 Å². The number of carbonyl (C=O) groups is 1. The van der Waals surface area contributed by atoms with Crippen molar-refractivity contribution >= 4 is 11.6 Å². The van der Waals surface area contributed by atoms with Gasteiger partial charge in [0.25, 0.3) is 5.91 Å². The molecule has 0 saturated carbocycles. The van der Waals surface area contributed by atoms with Gasteiger partial charge in [-0.25, -0.2) is 4.98 Å². The molecule has 0 fully saturated rings. The van der Waals surface area contributed by atoms with E-state index in [-0.39, 0.29) is 11.7 Å². The van der Waals surface area contributed by atoms with Crippen LogP contribution in [0, 0.1) is 0 Å². The second kappa shape index (κ2) is 7.28. The molecule has 0 aliphatic carbocycles. The number of rotatable bonds is 7. The smallest absolute Gasteiger partial charge is 0.268 e. The number of aliphatic hydroxyl groups excluding tert-OH is 1. The molecular formula is C17H24N4O2. The van der Waals surface area contributed by atoms with Crippen LogP contribution >= 0.6 is 0 Å². The molecule has 0 radical (unpaired) electrons. The lowest BCUT2D eigenvalue weighted by atomic mass is 10.00. The number of aromatic nitrogens is 2. The molecule has 1 amide bonds. The summed E-state index contributed by atoms with van der Waals surface area (Å²) in [6, 6.07) is 8.04. The van der Waals surface area contributed by atoms with Gasteiger partial charge in [-0.3, -0.25) is 4.79 Å². The molecule has 2 atom stereocenters. The number of benzene rings is 1. The number of primary amides is 1. The SMILES string of the molecule is C[C@H](O)[C@@H](CCc1ccccc1N(C)C)n1cnc(C(N)=O)c1. The van der Waals surface area contributed by atoms with Crippen LogP contribution < -0.4 is 10.6 Å². The molecule has 2 aromatic rings. The summed E-state index contributed by atoms with van der Waals surface area (Å²) in [5.74, 6) is -0.564. The van der Waals surface area contributed by atoms with Gasteiger partial charge in [-0.05, 0) is 31.4 Å². The van der Waals surface area contributed by atoms with Gasteiger partial charge in [-0.1, -0.05) is 18.2 Å². The molecule has 6 nitrogen and oxygen atoms in total. The summed E-state index contributed by atoms with van der Waals surface area (Å²) in [4.78, 5) is 17.3. The van der Waals surface area contributed by atoms with Crippen molar-refractivity contribution in [3.05, 3.63) is 48.0 Å². The molecule has 0 saturated heterocycles. The normalized spacial score (nSPS) is 13.6. The Morgan fingerprint density at radius 2 is 2.09 bits per heavy atom. The van der Waals surface area contributed by atoms with E-state index in [1.807, 2.05) is 26.2 Å². The zero-order valence-corrected chi connectivity index (χ0v) is 13.8. The summed E-state index contributed by atoms with van der Waals surface area (Å²) in [5, 5.41) is 10.1. The van der Waals surface area contributed by atoms with Crippen molar-refractivity contribution < 1.29 is 9.90 Å². The van der Waals surface area contributed by atoms with E-state index in [9.17, 15) is 9.90 Å². The van der Waals surface area contributed by atoms with Crippen LogP contribution in [0.3, 0.4) is 0 Å². The van der Waals surface area contributed by atoms with Gasteiger partial charge in [-0.15, -0.1) is 0 Å². The molecule has 1 aromatic carbocycles. The highest BCUT2D eigenvalue weighted by Gasteiger charge is 2.19. The first-order valence-electron chi connectivity index (χ1n) is 7.66. The van der Waals surface area contributed by atoms with Crippen molar-refractivity contribution in [1.82, 2.24) is 9.55 Å². The highest BCUT2D eigenvalue weighted by atomic mass is 16.3. The molecule has 0 aliphatic rings. The maximum Gasteiger partial charge on any atom is 0.268 e. The number of hydrogen-bond acceptors (Lipinski definition) is 4. The number of para-hydroxylation sites is 1. The number of imidazole rings is 1. The molecule has 124 valence electrons. The lowest BCUT2D eigenvalue weighted by Crippen LogP contribution is -2.22. The van der Waals surface area contributed by atoms with Gasteiger partial charge in [-0.2, -0.15) is 0 Å². The summed E-state index contributed by atoms with van der Waals surface area (Å²) in [7, 11) is 4.03.